The fourth-order valence-electron chi connectivity index (χ4n) is 3.41. The van der Waals surface area contributed by atoms with Crippen LogP contribution in [-0.4, -0.2) is 20.9 Å². The fourth-order valence-corrected chi connectivity index (χ4v) is 3.41. The molecule has 2 atom stereocenters. The maximum atomic E-state index is 12.8. The number of hydrogen-bond donors (Lipinski definition) is 1. The van der Waals surface area contributed by atoms with Crippen LogP contribution in [0.4, 0.5) is 13.2 Å². The van der Waals surface area contributed by atoms with Crippen molar-refractivity contribution in [3.63, 3.8) is 0 Å². The summed E-state index contributed by atoms with van der Waals surface area (Å²) in [7, 11) is 1.78. The molecule has 4 nitrogen and oxygen atoms in total. The Morgan fingerprint density at radius 2 is 1.88 bits per heavy atom. The standard InChI is InChI=1S/C19H15F3N2O2/c1-24-17-7-11(10-2-4-12(5-3-10)19(20,21)22)6-13(16(17)9-23-24)14-8-15(14)18(25)26/h2-7,9,14-15H,8H2,1H3,(H,25,26)/t14-,15-/m1/s1. The van der Waals surface area contributed by atoms with Gasteiger partial charge in [0.2, 0.25) is 0 Å². The first-order chi connectivity index (χ1) is 12.3. The number of carboxylic acid groups (broad SMARTS) is 1. The summed E-state index contributed by atoms with van der Waals surface area (Å²) in [5.41, 5.74) is 2.42. The van der Waals surface area contributed by atoms with Gasteiger partial charge in [-0.15, -0.1) is 0 Å². The first kappa shape index (κ1) is 16.6. The molecule has 26 heavy (non-hydrogen) atoms. The van der Waals surface area contributed by atoms with Gasteiger partial charge in [-0.3, -0.25) is 9.48 Å². The molecule has 1 fully saturated rings. The highest BCUT2D eigenvalue weighted by atomic mass is 19.4. The summed E-state index contributed by atoms with van der Waals surface area (Å²) in [6.45, 7) is 0. The van der Waals surface area contributed by atoms with Gasteiger partial charge in [0.25, 0.3) is 0 Å². The maximum absolute atomic E-state index is 12.8. The second-order valence-electron chi connectivity index (χ2n) is 6.63. The van der Waals surface area contributed by atoms with Crippen molar-refractivity contribution in [3.8, 4) is 11.1 Å². The van der Waals surface area contributed by atoms with Crippen molar-refractivity contribution in [2.24, 2.45) is 13.0 Å². The Morgan fingerprint density at radius 3 is 2.46 bits per heavy atom. The zero-order valence-electron chi connectivity index (χ0n) is 13.8. The van der Waals surface area contributed by atoms with Gasteiger partial charge in [0.05, 0.1) is 23.2 Å². The van der Waals surface area contributed by atoms with Crippen LogP contribution in [0.5, 0.6) is 0 Å². The zero-order valence-corrected chi connectivity index (χ0v) is 13.8. The second-order valence-corrected chi connectivity index (χ2v) is 6.63. The number of halogens is 3. The lowest BCUT2D eigenvalue weighted by molar-refractivity contribution is -0.139. The Hall–Kier alpha value is -2.83. The lowest BCUT2D eigenvalue weighted by Gasteiger charge is -2.10. The van der Waals surface area contributed by atoms with E-state index in [9.17, 15) is 23.1 Å². The fraction of sp³-hybridized carbons (Fsp3) is 0.263. The number of rotatable bonds is 3. The molecule has 1 N–H and O–H groups in total. The molecule has 1 saturated carbocycles. The summed E-state index contributed by atoms with van der Waals surface area (Å²) >= 11 is 0. The van der Waals surface area contributed by atoms with E-state index in [2.05, 4.69) is 5.10 Å². The van der Waals surface area contributed by atoms with Crippen LogP contribution < -0.4 is 0 Å². The molecule has 0 radical (unpaired) electrons. The summed E-state index contributed by atoms with van der Waals surface area (Å²) in [5.74, 6) is -1.33. The van der Waals surface area contributed by atoms with Gasteiger partial charge < -0.3 is 5.11 Å². The molecular weight excluding hydrogens is 345 g/mol. The summed E-state index contributed by atoms with van der Waals surface area (Å²) < 4.78 is 40.0. The number of aryl methyl sites for hydroxylation is 1. The Morgan fingerprint density at radius 1 is 1.19 bits per heavy atom. The van der Waals surface area contributed by atoms with E-state index in [1.807, 2.05) is 12.1 Å². The molecule has 7 heteroatoms. The molecule has 0 aliphatic heterocycles. The number of benzene rings is 2. The van der Waals surface area contributed by atoms with Gasteiger partial charge in [0.1, 0.15) is 0 Å². The molecule has 1 aliphatic rings. The largest absolute Gasteiger partial charge is 0.481 e. The normalized spacial score (nSPS) is 19.7. The summed E-state index contributed by atoms with van der Waals surface area (Å²) in [4.78, 5) is 11.2. The molecule has 4 rings (SSSR count). The van der Waals surface area contributed by atoms with Gasteiger partial charge in [-0.05, 0) is 47.2 Å². The lowest BCUT2D eigenvalue weighted by atomic mass is 9.96. The lowest BCUT2D eigenvalue weighted by Crippen LogP contribution is -2.04. The molecule has 134 valence electrons. The number of nitrogens with zero attached hydrogens (tertiary/aromatic N) is 2. The van der Waals surface area contributed by atoms with Crippen LogP contribution in [0.3, 0.4) is 0 Å². The van der Waals surface area contributed by atoms with E-state index in [0.29, 0.717) is 12.0 Å². The van der Waals surface area contributed by atoms with Crippen molar-refractivity contribution in [1.29, 1.82) is 0 Å². The molecule has 0 amide bonds. The number of carboxylic acids is 1. The second kappa shape index (κ2) is 5.59. The molecule has 0 unspecified atom stereocenters. The smallest absolute Gasteiger partial charge is 0.416 e. The van der Waals surface area contributed by atoms with Crippen LogP contribution in [0.15, 0.2) is 42.6 Å². The van der Waals surface area contributed by atoms with Crippen LogP contribution in [0.25, 0.3) is 22.0 Å². The number of fused-ring (bicyclic) bond motifs is 1. The number of aromatic nitrogens is 2. The topological polar surface area (TPSA) is 55.1 Å². The van der Waals surface area contributed by atoms with Crippen LogP contribution in [-0.2, 0) is 18.0 Å². The highest BCUT2D eigenvalue weighted by Gasteiger charge is 2.45. The Balaban J connectivity index is 1.81. The maximum Gasteiger partial charge on any atom is 0.416 e. The molecule has 1 aromatic heterocycles. The van der Waals surface area contributed by atoms with Gasteiger partial charge in [0, 0.05) is 12.4 Å². The van der Waals surface area contributed by atoms with Crippen molar-refractivity contribution >= 4 is 16.9 Å². The first-order valence-electron chi connectivity index (χ1n) is 8.12. The average molecular weight is 360 g/mol. The quantitative estimate of drug-likeness (QED) is 0.751. The Kier molecular flexibility index (Phi) is 3.57. The summed E-state index contributed by atoms with van der Waals surface area (Å²) in [6.07, 6.45) is -2.10. The average Bonchev–Trinajstić information content (AvgIpc) is 3.31. The van der Waals surface area contributed by atoms with Gasteiger partial charge in [-0.1, -0.05) is 18.2 Å². The van der Waals surface area contributed by atoms with Crippen molar-refractivity contribution in [3.05, 3.63) is 53.7 Å². The number of hydrogen-bond acceptors (Lipinski definition) is 2. The monoisotopic (exact) mass is 360 g/mol. The molecule has 3 aromatic rings. The highest BCUT2D eigenvalue weighted by Crippen LogP contribution is 2.50. The molecule has 0 bridgehead atoms. The first-order valence-corrected chi connectivity index (χ1v) is 8.12. The van der Waals surface area contributed by atoms with Crippen LogP contribution in [0, 0.1) is 5.92 Å². The third-order valence-corrected chi connectivity index (χ3v) is 4.95. The Labute approximate surface area is 146 Å². The summed E-state index contributed by atoms with van der Waals surface area (Å²) in [5, 5.41) is 14.4. The minimum absolute atomic E-state index is 0.0893. The predicted molar refractivity (Wildman–Crippen MR) is 89.6 cm³/mol. The van der Waals surface area contributed by atoms with Crippen LogP contribution in [0.1, 0.15) is 23.5 Å². The van der Waals surface area contributed by atoms with Crippen molar-refractivity contribution < 1.29 is 23.1 Å². The van der Waals surface area contributed by atoms with E-state index in [4.69, 9.17) is 0 Å². The zero-order chi connectivity index (χ0) is 18.6. The molecular formula is C19H15F3N2O2. The molecule has 2 aromatic carbocycles. The van der Waals surface area contributed by atoms with E-state index in [0.717, 1.165) is 34.2 Å². The SMILES string of the molecule is Cn1ncc2c([C@H]3C[C@H]3C(=O)O)cc(-c3ccc(C(F)(F)F)cc3)cc21. The Bertz CT molecular complexity index is 1010. The van der Waals surface area contributed by atoms with Gasteiger partial charge in [-0.25, -0.2) is 0 Å². The summed E-state index contributed by atoms with van der Waals surface area (Å²) in [6, 6.07) is 8.73. The predicted octanol–water partition coefficient (Wildman–Crippen LogP) is 4.45. The minimum atomic E-state index is -4.38. The van der Waals surface area contributed by atoms with E-state index in [1.165, 1.54) is 12.1 Å². The van der Waals surface area contributed by atoms with Gasteiger partial charge in [0.15, 0.2) is 0 Å². The number of aliphatic carboxylic acids is 1. The van der Waals surface area contributed by atoms with Crippen LogP contribution in [0.2, 0.25) is 0 Å². The van der Waals surface area contributed by atoms with E-state index < -0.39 is 23.6 Å². The van der Waals surface area contributed by atoms with E-state index in [1.54, 1.807) is 17.9 Å². The molecule has 1 heterocycles. The molecule has 0 spiro atoms. The van der Waals surface area contributed by atoms with Crippen LogP contribution >= 0.6 is 0 Å². The molecule has 0 saturated heterocycles. The van der Waals surface area contributed by atoms with Gasteiger partial charge >= 0.3 is 12.1 Å². The van der Waals surface area contributed by atoms with Gasteiger partial charge in [-0.2, -0.15) is 18.3 Å². The van der Waals surface area contributed by atoms with E-state index in [-0.39, 0.29) is 5.92 Å². The van der Waals surface area contributed by atoms with Crippen molar-refractivity contribution in [1.82, 2.24) is 9.78 Å². The highest BCUT2D eigenvalue weighted by molar-refractivity contribution is 5.90. The minimum Gasteiger partial charge on any atom is -0.481 e. The molecule has 1 aliphatic carbocycles. The number of carbonyl (C=O) groups is 1. The number of alkyl halides is 3. The van der Waals surface area contributed by atoms with E-state index >= 15 is 0 Å². The third kappa shape index (κ3) is 2.73. The van der Waals surface area contributed by atoms with Crippen molar-refractivity contribution in [2.75, 3.05) is 0 Å². The van der Waals surface area contributed by atoms with Crippen molar-refractivity contribution in [2.45, 2.75) is 18.5 Å². The third-order valence-electron chi connectivity index (χ3n) is 4.95.